The number of rotatable bonds is 8. The molecule has 0 saturated carbocycles. The second-order valence-corrected chi connectivity index (χ2v) is 8.24. The van der Waals surface area contributed by atoms with E-state index in [1.807, 2.05) is 30.3 Å². The molecule has 0 radical (unpaired) electrons. The lowest BCUT2D eigenvalue weighted by Gasteiger charge is -2.26. The maximum atomic E-state index is 12.6. The fourth-order valence-corrected chi connectivity index (χ4v) is 4.82. The van der Waals surface area contributed by atoms with Crippen molar-refractivity contribution in [3.8, 4) is 0 Å². The molecule has 3 atom stereocenters. The Morgan fingerprint density at radius 1 is 1.07 bits per heavy atom. The quantitative estimate of drug-likeness (QED) is 0.718. The topological polar surface area (TPSA) is 72.9 Å². The minimum atomic E-state index is -0.984. The summed E-state index contributed by atoms with van der Waals surface area (Å²) in [6, 6.07) is 9.58. The van der Waals surface area contributed by atoms with Crippen molar-refractivity contribution in [2.24, 2.45) is 17.8 Å². The standard InChI is InChI=1S/C22H33N3O3/c1-3-16(4-2)21(26)25-14-18-12-24(13-19(18)15-25)11-10-20(23-22(27)28)17-8-6-5-7-9-17/h5-9,16,18-20,23H,3-4,10-15H2,1-2H3,(H,27,28)/t18-,19?,20?/m0/s1. The van der Waals surface area contributed by atoms with E-state index in [0.29, 0.717) is 17.7 Å². The first-order valence-electron chi connectivity index (χ1n) is 10.6. The first-order chi connectivity index (χ1) is 13.5. The molecule has 2 heterocycles. The molecule has 2 unspecified atom stereocenters. The van der Waals surface area contributed by atoms with Crippen molar-refractivity contribution in [2.45, 2.75) is 39.2 Å². The van der Waals surface area contributed by atoms with Crippen molar-refractivity contribution >= 4 is 12.0 Å². The highest BCUT2D eigenvalue weighted by atomic mass is 16.4. The van der Waals surface area contributed by atoms with Gasteiger partial charge in [0, 0.05) is 38.6 Å². The Kier molecular flexibility index (Phi) is 6.94. The lowest BCUT2D eigenvalue weighted by atomic mass is 10.0. The van der Waals surface area contributed by atoms with Gasteiger partial charge in [0.15, 0.2) is 0 Å². The molecular formula is C22H33N3O3. The predicted octanol–water partition coefficient (Wildman–Crippen LogP) is 3.21. The van der Waals surface area contributed by atoms with Crippen LogP contribution in [0.5, 0.6) is 0 Å². The summed E-state index contributed by atoms with van der Waals surface area (Å²) >= 11 is 0. The van der Waals surface area contributed by atoms with Gasteiger partial charge in [-0.15, -0.1) is 0 Å². The van der Waals surface area contributed by atoms with E-state index in [1.54, 1.807) is 0 Å². The summed E-state index contributed by atoms with van der Waals surface area (Å²) in [6.07, 6.45) is 1.62. The van der Waals surface area contributed by atoms with Crippen LogP contribution in [0.1, 0.15) is 44.7 Å². The second-order valence-electron chi connectivity index (χ2n) is 8.24. The van der Waals surface area contributed by atoms with E-state index >= 15 is 0 Å². The first kappa shape index (κ1) is 20.6. The average Bonchev–Trinajstić information content (AvgIpc) is 3.25. The smallest absolute Gasteiger partial charge is 0.405 e. The molecule has 1 aromatic carbocycles. The molecule has 6 nitrogen and oxygen atoms in total. The maximum absolute atomic E-state index is 12.6. The Morgan fingerprint density at radius 3 is 2.21 bits per heavy atom. The third kappa shape index (κ3) is 4.85. The van der Waals surface area contributed by atoms with E-state index in [1.165, 1.54) is 0 Å². The summed E-state index contributed by atoms with van der Waals surface area (Å²) in [4.78, 5) is 28.3. The Morgan fingerprint density at radius 2 is 1.68 bits per heavy atom. The minimum absolute atomic E-state index is 0.170. The molecule has 0 aliphatic carbocycles. The Balaban J connectivity index is 1.51. The van der Waals surface area contributed by atoms with E-state index in [2.05, 4.69) is 29.0 Å². The van der Waals surface area contributed by atoms with Gasteiger partial charge in [-0.1, -0.05) is 44.2 Å². The van der Waals surface area contributed by atoms with Gasteiger partial charge in [0.2, 0.25) is 5.91 Å². The number of carbonyl (C=O) groups excluding carboxylic acids is 1. The van der Waals surface area contributed by atoms with Gasteiger partial charge in [-0.2, -0.15) is 0 Å². The van der Waals surface area contributed by atoms with Crippen molar-refractivity contribution in [1.82, 2.24) is 15.1 Å². The van der Waals surface area contributed by atoms with Gasteiger partial charge < -0.3 is 20.2 Å². The molecule has 28 heavy (non-hydrogen) atoms. The summed E-state index contributed by atoms with van der Waals surface area (Å²) < 4.78 is 0. The van der Waals surface area contributed by atoms with Crippen molar-refractivity contribution in [2.75, 3.05) is 32.7 Å². The minimum Gasteiger partial charge on any atom is -0.465 e. The molecule has 0 aromatic heterocycles. The first-order valence-corrected chi connectivity index (χ1v) is 10.6. The lowest BCUT2D eigenvalue weighted by Crippen LogP contribution is -2.37. The van der Waals surface area contributed by atoms with Crippen LogP contribution in [0.25, 0.3) is 0 Å². The highest BCUT2D eigenvalue weighted by Crippen LogP contribution is 2.33. The fourth-order valence-electron chi connectivity index (χ4n) is 4.82. The molecule has 0 bridgehead atoms. The zero-order valence-corrected chi connectivity index (χ0v) is 17.0. The van der Waals surface area contributed by atoms with Crippen LogP contribution in [0.4, 0.5) is 4.79 Å². The molecule has 154 valence electrons. The van der Waals surface area contributed by atoms with Crippen LogP contribution in [-0.4, -0.2) is 59.6 Å². The van der Waals surface area contributed by atoms with E-state index in [9.17, 15) is 14.7 Å². The lowest BCUT2D eigenvalue weighted by molar-refractivity contribution is -0.135. The highest BCUT2D eigenvalue weighted by molar-refractivity contribution is 5.79. The monoisotopic (exact) mass is 387 g/mol. The molecule has 2 N–H and O–H groups in total. The van der Waals surface area contributed by atoms with Crippen molar-refractivity contribution < 1.29 is 14.7 Å². The Bertz CT molecular complexity index is 648. The van der Waals surface area contributed by atoms with Gasteiger partial charge in [0.1, 0.15) is 0 Å². The van der Waals surface area contributed by atoms with Gasteiger partial charge in [-0.05, 0) is 36.7 Å². The van der Waals surface area contributed by atoms with E-state index in [0.717, 1.165) is 57.5 Å². The predicted molar refractivity (Wildman–Crippen MR) is 109 cm³/mol. The van der Waals surface area contributed by atoms with Crippen molar-refractivity contribution in [3.63, 3.8) is 0 Å². The highest BCUT2D eigenvalue weighted by Gasteiger charge is 2.42. The van der Waals surface area contributed by atoms with Crippen LogP contribution in [0, 0.1) is 17.8 Å². The zero-order valence-electron chi connectivity index (χ0n) is 17.0. The molecule has 2 fully saturated rings. The van der Waals surface area contributed by atoms with Gasteiger partial charge in [0.05, 0.1) is 6.04 Å². The SMILES string of the molecule is CCC(CC)C(=O)N1CC2CN(CCC(NC(=O)O)c3ccccc3)C[C@H]2C1. The number of benzene rings is 1. The van der Waals surface area contributed by atoms with Crippen LogP contribution in [0.3, 0.4) is 0 Å². The number of carbonyl (C=O) groups is 2. The maximum Gasteiger partial charge on any atom is 0.405 e. The van der Waals surface area contributed by atoms with Crippen LogP contribution >= 0.6 is 0 Å². The average molecular weight is 388 g/mol. The molecule has 2 saturated heterocycles. The number of hydrogen-bond donors (Lipinski definition) is 2. The van der Waals surface area contributed by atoms with Crippen LogP contribution < -0.4 is 5.32 Å². The summed E-state index contributed by atoms with van der Waals surface area (Å²) in [6.45, 7) is 8.83. The molecule has 6 heteroatoms. The number of hydrogen-bond acceptors (Lipinski definition) is 3. The summed E-state index contributed by atoms with van der Waals surface area (Å²) in [5.74, 6) is 1.62. The molecule has 2 aliphatic rings. The fraction of sp³-hybridized carbons (Fsp3) is 0.636. The zero-order chi connectivity index (χ0) is 20.1. The van der Waals surface area contributed by atoms with Crippen LogP contribution in [0.15, 0.2) is 30.3 Å². The molecular weight excluding hydrogens is 354 g/mol. The van der Waals surface area contributed by atoms with E-state index in [4.69, 9.17) is 0 Å². The van der Waals surface area contributed by atoms with Gasteiger partial charge in [-0.3, -0.25) is 4.79 Å². The van der Waals surface area contributed by atoms with Gasteiger partial charge >= 0.3 is 6.09 Å². The van der Waals surface area contributed by atoms with E-state index < -0.39 is 6.09 Å². The molecule has 2 amide bonds. The van der Waals surface area contributed by atoms with Gasteiger partial charge in [0.25, 0.3) is 0 Å². The third-order valence-electron chi connectivity index (χ3n) is 6.44. The molecule has 1 aromatic rings. The normalized spacial score (nSPS) is 23.0. The number of nitrogens with one attached hydrogen (secondary N) is 1. The van der Waals surface area contributed by atoms with Crippen LogP contribution in [0.2, 0.25) is 0 Å². The Labute approximate surface area is 167 Å². The number of carboxylic acid groups (broad SMARTS) is 1. The van der Waals surface area contributed by atoms with Gasteiger partial charge in [-0.25, -0.2) is 4.79 Å². The van der Waals surface area contributed by atoms with Crippen LogP contribution in [-0.2, 0) is 4.79 Å². The van der Waals surface area contributed by atoms with Crippen molar-refractivity contribution in [3.05, 3.63) is 35.9 Å². The number of likely N-dealkylation sites (tertiary alicyclic amines) is 2. The summed E-state index contributed by atoms with van der Waals surface area (Å²) in [5.41, 5.74) is 1.01. The summed E-state index contributed by atoms with van der Waals surface area (Å²) in [7, 11) is 0. The number of nitrogens with zero attached hydrogens (tertiary/aromatic N) is 2. The Hall–Kier alpha value is -2.08. The number of amides is 2. The van der Waals surface area contributed by atoms with Crippen molar-refractivity contribution in [1.29, 1.82) is 0 Å². The van der Waals surface area contributed by atoms with E-state index in [-0.39, 0.29) is 12.0 Å². The summed E-state index contributed by atoms with van der Waals surface area (Å²) in [5, 5.41) is 11.8. The molecule has 2 aliphatic heterocycles. The largest absolute Gasteiger partial charge is 0.465 e. The number of fused-ring (bicyclic) bond motifs is 1. The second kappa shape index (κ2) is 9.41. The third-order valence-corrected chi connectivity index (χ3v) is 6.44. The molecule has 3 rings (SSSR count). The molecule has 0 spiro atoms.